The lowest BCUT2D eigenvalue weighted by molar-refractivity contribution is -0.139. The van der Waals surface area contributed by atoms with Gasteiger partial charge in [-0.2, -0.15) is 13.2 Å². The lowest BCUT2D eigenvalue weighted by atomic mass is 10.0. The molecule has 0 heterocycles. The van der Waals surface area contributed by atoms with E-state index in [0.717, 1.165) is 12.1 Å². The van der Waals surface area contributed by atoms with Crippen LogP contribution in [0.25, 0.3) is 0 Å². The average molecular weight is 480 g/mol. The summed E-state index contributed by atoms with van der Waals surface area (Å²) in [6, 6.07) is 11.0. The molecule has 152 valence electrons. The third-order valence-electron chi connectivity index (χ3n) is 3.74. The maximum Gasteiger partial charge on any atom is 0.416 e. The van der Waals surface area contributed by atoms with Crippen LogP contribution in [-0.4, -0.2) is 31.7 Å². The van der Waals surface area contributed by atoms with Crippen LogP contribution in [0, 0.1) is 0 Å². The summed E-state index contributed by atoms with van der Waals surface area (Å²) in [6.07, 6.45) is -6.29. The molecule has 1 unspecified atom stereocenters. The fourth-order valence-corrected chi connectivity index (χ4v) is 4.29. The Morgan fingerprint density at radius 2 is 1.82 bits per heavy atom. The van der Waals surface area contributed by atoms with Crippen molar-refractivity contribution in [3.8, 4) is 0 Å². The number of hydrogen-bond acceptors (Lipinski definition) is 4. The van der Waals surface area contributed by atoms with Gasteiger partial charge in [0, 0.05) is 11.0 Å². The number of carbonyl (C=O) groups is 1. The number of halogens is 4. The summed E-state index contributed by atoms with van der Waals surface area (Å²) in [5.41, 5.74) is -0.923. The van der Waals surface area contributed by atoms with Crippen LogP contribution in [0.15, 0.2) is 53.0 Å². The first-order valence-electron chi connectivity index (χ1n) is 8.04. The van der Waals surface area contributed by atoms with Crippen LogP contribution >= 0.6 is 15.9 Å². The normalized spacial score (nSPS) is 13.2. The molecule has 0 radical (unpaired) electrons. The zero-order chi connectivity index (χ0) is 20.9. The number of amides is 1. The predicted octanol–water partition coefficient (Wildman–Crippen LogP) is 3.23. The molecule has 2 N–H and O–H groups in total. The number of alkyl halides is 3. The molecule has 2 aromatic carbocycles. The standard InChI is InChI=1S/C18H17BrF3NO4S/c19-13-5-3-4-12(8-13)10-28(26,27)11-17(25)23-9-16(24)14-6-1-2-7-15(14)18(20,21)22/h1-8,16,24H,9-11H2,(H,23,25). The van der Waals surface area contributed by atoms with Gasteiger partial charge in [-0.1, -0.05) is 46.3 Å². The molecular weight excluding hydrogens is 463 g/mol. The Balaban J connectivity index is 1.97. The van der Waals surface area contributed by atoms with E-state index in [9.17, 15) is 31.5 Å². The molecule has 1 amide bonds. The molecule has 0 aliphatic rings. The van der Waals surface area contributed by atoms with Crippen molar-refractivity contribution in [1.82, 2.24) is 5.32 Å². The summed E-state index contributed by atoms with van der Waals surface area (Å²) in [7, 11) is -3.79. The number of hydrogen-bond donors (Lipinski definition) is 2. The van der Waals surface area contributed by atoms with Gasteiger partial charge in [0.05, 0.1) is 17.4 Å². The van der Waals surface area contributed by atoms with E-state index in [1.807, 2.05) is 0 Å². The van der Waals surface area contributed by atoms with E-state index >= 15 is 0 Å². The maximum atomic E-state index is 13.0. The van der Waals surface area contributed by atoms with Crippen LogP contribution in [0.3, 0.4) is 0 Å². The first kappa shape index (κ1) is 22.4. The molecule has 0 saturated heterocycles. The van der Waals surface area contributed by atoms with E-state index in [0.29, 0.717) is 10.0 Å². The number of rotatable bonds is 7. The first-order chi connectivity index (χ1) is 13.0. The van der Waals surface area contributed by atoms with Crippen molar-refractivity contribution >= 4 is 31.7 Å². The molecule has 0 bridgehead atoms. The predicted molar refractivity (Wildman–Crippen MR) is 101 cm³/mol. The molecule has 2 rings (SSSR count). The molecule has 28 heavy (non-hydrogen) atoms. The number of benzene rings is 2. The summed E-state index contributed by atoms with van der Waals surface area (Å²) in [6.45, 7) is -0.543. The van der Waals surface area contributed by atoms with Gasteiger partial charge in [0.2, 0.25) is 5.91 Å². The van der Waals surface area contributed by atoms with Crippen molar-refractivity contribution in [2.45, 2.75) is 18.0 Å². The smallest absolute Gasteiger partial charge is 0.387 e. The van der Waals surface area contributed by atoms with Crippen molar-refractivity contribution < 1.29 is 31.5 Å². The lowest BCUT2D eigenvalue weighted by Gasteiger charge is -2.18. The van der Waals surface area contributed by atoms with Gasteiger partial charge >= 0.3 is 6.18 Å². The van der Waals surface area contributed by atoms with Gasteiger partial charge in [0.25, 0.3) is 0 Å². The summed E-state index contributed by atoms with van der Waals surface area (Å²) >= 11 is 3.22. The highest BCUT2D eigenvalue weighted by molar-refractivity contribution is 9.10. The SMILES string of the molecule is O=C(CS(=O)(=O)Cc1cccc(Br)c1)NCC(O)c1ccccc1C(F)(F)F. The van der Waals surface area contributed by atoms with Crippen molar-refractivity contribution in [3.63, 3.8) is 0 Å². The quantitative estimate of drug-likeness (QED) is 0.638. The number of carbonyl (C=O) groups excluding carboxylic acids is 1. The van der Waals surface area contributed by atoms with Gasteiger partial charge < -0.3 is 10.4 Å². The molecular formula is C18H17BrF3NO4S. The van der Waals surface area contributed by atoms with Gasteiger partial charge in [0.15, 0.2) is 9.84 Å². The van der Waals surface area contributed by atoms with Crippen LogP contribution in [0.2, 0.25) is 0 Å². The maximum absolute atomic E-state index is 13.0. The molecule has 0 saturated carbocycles. The Kier molecular flexibility index (Phi) is 7.24. The number of nitrogens with one attached hydrogen (secondary N) is 1. The van der Waals surface area contributed by atoms with Gasteiger partial charge in [-0.05, 0) is 29.3 Å². The lowest BCUT2D eigenvalue weighted by Crippen LogP contribution is -2.34. The zero-order valence-electron chi connectivity index (χ0n) is 14.4. The second-order valence-electron chi connectivity index (χ2n) is 6.07. The van der Waals surface area contributed by atoms with Gasteiger partial charge in [-0.25, -0.2) is 8.42 Å². The second-order valence-corrected chi connectivity index (χ2v) is 9.05. The van der Waals surface area contributed by atoms with Crippen molar-refractivity contribution in [1.29, 1.82) is 0 Å². The van der Waals surface area contributed by atoms with Crippen LogP contribution in [0.4, 0.5) is 13.2 Å². The molecule has 0 spiro atoms. The third kappa shape index (κ3) is 6.61. The monoisotopic (exact) mass is 479 g/mol. The first-order valence-corrected chi connectivity index (χ1v) is 10.6. The Morgan fingerprint density at radius 3 is 2.46 bits per heavy atom. The summed E-state index contributed by atoms with van der Waals surface area (Å²) in [5.74, 6) is -2.11. The fraction of sp³-hybridized carbons (Fsp3) is 0.278. The highest BCUT2D eigenvalue weighted by Crippen LogP contribution is 2.34. The van der Waals surface area contributed by atoms with Crippen molar-refractivity contribution in [3.05, 3.63) is 69.7 Å². The van der Waals surface area contributed by atoms with Crippen molar-refractivity contribution in [2.75, 3.05) is 12.3 Å². The number of aliphatic hydroxyl groups is 1. The summed E-state index contributed by atoms with van der Waals surface area (Å²) in [5, 5.41) is 12.2. The highest BCUT2D eigenvalue weighted by atomic mass is 79.9. The Labute approximate surface area is 168 Å². The highest BCUT2D eigenvalue weighted by Gasteiger charge is 2.34. The topological polar surface area (TPSA) is 83.5 Å². The largest absolute Gasteiger partial charge is 0.416 e. The van der Waals surface area contributed by atoms with E-state index in [1.165, 1.54) is 12.1 Å². The molecule has 2 aromatic rings. The number of sulfone groups is 1. The Bertz CT molecular complexity index is 948. The molecule has 0 aliphatic carbocycles. The molecule has 10 heteroatoms. The van der Waals surface area contributed by atoms with Gasteiger partial charge in [0.1, 0.15) is 5.75 Å². The minimum atomic E-state index is -4.66. The molecule has 5 nitrogen and oxygen atoms in total. The van der Waals surface area contributed by atoms with Crippen LogP contribution in [0.5, 0.6) is 0 Å². The molecule has 0 fully saturated rings. The molecule has 1 atom stereocenters. The van der Waals surface area contributed by atoms with Crippen LogP contribution in [0.1, 0.15) is 22.8 Å². The summed E-state index contributed by atoms with van der Waals surface area (Å²) < 4.78 is 63.9. The van der Waals surface area contributed by atoms with E-state index < -0.39 is 51.4 Å². The van der Waals surface area contributed by atoms with E-state index in [1.54, 1.807) is 24.3 Å². The zero-order valence-corrected chi connectivity index (χ0v) is 16.8. The van der Waals surface area contributed by atoms with E-state index in [-0.39, 0.29) is 5.75 Å². The van der Waals surface area contributed by atoms with Crippen LogP contribution in [-0.2, 0) is 26.6 Å². The fourth-order valence-electron chi connectivity index (χ4n) is 2.55. The minimum Gasteiger partial charge on any atom is -0.387 e. The minimum absolute atomic E-state index is 0.362. The third-order valence-corrected chi connectivity index (χ3v) is 5.71. The van der Waals surface area contributed by atoms with Crippen molar-refractivity contribution in [2.24, 2.45) is 0 Å². The second kappa shape index (κ2) is 9.06. The van der Waals surface area contributed by atoms with E-state index in [2.05, 4.69) is 21.2 Å². The molecule has 0 aliphatic heterocycles. The van der Waals surface area contributed by atoms with Gasteiger partial charge in [-0.3, -0.25) is 4.79 Å². The van der Waals surface area contributed by atoms with Gasteiger partial charge in [-0.15, -0.1) is 0 Å². The Hall–Kier alpha value is -1.91. The number of aliphatic hydroxyl groups excluding tert-OH is 1. The summed E-state index contributed by atoms with van der Waals surface area (Å²) in [4.78, 5) is 11.9. The molecule has 0 aromatic heterocycles. The van der Waals surface area contributed by atoms with E-state index in [4.69, 9.17) is 0 Å². The Morgan fingerprint density at radius 1 is 1.14 bits per heavy atom. The average Bonchev–Trinajstić information content (AvgIpc) is 2.58. The van der Waals surface area contributed by atoms with Crippen LogP contribution < -0.4 is 5.32 Å².